The Labute approximate surface area is 117 Å². The van der Waals surface area contributed by atoms with E-state index in [1.807, 2.05) is 18.2 Å². The fraction of sp³-hybridized carbons (Fsp3) is 0.188. The first-order valence-corrected chi connectivity index (χ1v) is 6.79. The number of carbonyl (C=O) groups is 1. The fourth-order valence-corrected chi connectivity index (χ4v) is 2.71. The van der Waals surface area contributed by atoms with E-state index < -0.39 is 0 Å². The van der Waals surface area contributed by atoms with E-state index >= 15 is 0 Å². The standard InChI is InChI=1S/C16H14ClNO/c17-15-7-2-1-6-14(15)16(19)18-13-9-8-11-4-3-5-12(11)10-13/h1-2,6-10H,3-5H2,(H,18,19). The average molecular weight is 272 g/mol. The maximum absolute atomic E-state index is 12.1. The van der Waals surface area contributed by atoms with Gasteiger partial charge in [0.2, 0.25) is 0 Å². The Kier molecular flexibility index (Phi) is 3.26. The van der Waals surface area contributed by atoms with Gasteiger partial charge >= 0.3 is 0 Å². The van der Waals surface area contributed by atoms with E-state index in [0.717, 1.165) is 18.5 Å². The number of fused-ring (bicyclic) bond motifs is 1. The Morgan fingerprint density at radius 3 is 2.68 bits per heavy atom. The highest BCUT2D eigenvalue weighted by molar-refractivity contribution is 6.34. The fourth-order valence-electron chi connectivity index (χ4n) is 2.49. The third-order valence-corrected chi connectivity index (χ3v) is 3.80. The zero-order valence-electron chi connectivity index (χ0n) is 10.4. The van der Waals surface area contributed by atoms with Crippen LogP contribution in [0.25, 0.3) is 0 Å². The van der Waals surface area contributed by atoms with Crippen LogP contribution in [0.15, 0.2) is 42.5 Å². The molecule has 1 aliphatic carbocycles. The lowest BCUT2D eigenvalue weighted by molar-refractivity contribution is 0.102. The van der Waals surface area contributed by atoms with Gasteiger partial charge < -0.3 is 5.32 Å². The molecule has 0 fully saturated rings. The second kappa shape index (κ2) is 5.06. The first-order chi connectivity index (χ1) is 9.24. The molecule has 2 aromatic carbocycles. The summed E-state index contributed by atoms with van der Waals surface area (Å²) in [5.74, 6) is -0.163. The third kappa shape index (κ3) is 2.49. The molecule has 0 aromatic heterocycles. The Morgan fingerprint density at radius 1 is 1.05 bits per heavy atom. The van der Waals surface area contributed by atoms with Crippen LogP contribution in [0, 0.1) is 0 Å². The molecule has 1 aliphatic rings. The van der Waals surface area contributed by atoms with Gasteiger partial charge in [0.1, 0.15) is 0 Å². The molecule has 0 spiro atoms. The first kappa shape index (κ1) is 12.2. The van der Waals surface area contributed by atoms with E-state index in [-0.39, 0.29) is 5.91 Å². The topological polar surface area (TPSA) is 29.1 Å². The van der Waals surface area contributed by atoms with Crippen molar-refractivity contribution in [2.45, 2.75) is 19.3 Å². The highest BCUT2D eigenvalue weighted by atomic mass is 35.5. The minimum Gasteiger partial charge on any atom is -0.322 e. The van der Waals surface area contributed by atoms with Gasteiger partial charge in [-0.2, -0.15) is 0 Å². The van der Waals surface area contributed by atoms with Crippen LogP contribution in [-0.2, 0) is 12.8 Å². The molecule has 1 amide bonds. The number of aryl methyl sites for hydroxylation is 2. The predicted octanol–water partition coefficient (Wildman–Crippen LogP) is 4.08. The average Bonchev–Trinajstić information content (AvgIpc) is 2.86. The van der Waals surface area contributed by atoms with Gasteiger partial charge in [-0.25, -0.2) is 0 Å². The van der Waals surface area contributed by atoms with Crippen LogP contribution in [0.2, 0.25) is 5.02 Å². The molecule has 0 bridgehead atoms. The number of hydrogen-bond acceptors (Lipinski definition) is 1. The summed E-state index contributed by atoms with van der Waals surface area (Å²) in [5, 5.41) is 3.38. The summed E-state index contributed by atoms with van der Waals surface area (Å²) in [6, 6.07) is 13.2. The number of benzene rings is 2. The maximum atomic E-state index is 12.1. The van der Waals surface area contributed by atoms with Crippen LogP contribution in [0.3, 0.4) is 0 Å². The van der Waals surface area contributed by atoms with Crippen molar-refractivity contribution in [1.82, 2.24) is 0 Å². The molecule has 2 nitrogen and oxygen atoms in total. The SMILES string of the molecule is O=C(Nc1ccc2c(c1)CCC2)c1ccccc1Cl. The van der Waals surface area contributed by atoms with Crippen molar-refractivity contribution in [2.24, 2.45) is 0 Å². The second-order valence-electron chi connectivity index (χ2n) is 4.77. The summed E-state index contributed by atoms with van der Waals surface area (Å²) >= 11 is 6.02. The third-order valence-electron chi connectivity index (χ3n) is 3.47. The van der Waals surface area contributed by atoms with E-state index in [0.29, 0.717) is 10.6 Å². The summed E-state index contributed by atoms with van der Waals surface area (Å²) in [7, 11) is 0. The molecule has 0 heterocycles. The van der Waals surface area contributed by atoms with Gasteiger partial charge in [-0.05, 0) is 54.7 Å². The van der Waals surface area contributed by atoms with E-state index in [1.54, 1.807) is 12.1 Å². The smallest absolute Gasteiger partial charge is 0.257 e. The number of carbonyl (C=O) groups excluding carboxylic acids is 1. The molecular weight excluding hydrogens is 258 g/mol. The van der Waals surface area contributed by atoms with Crippen molar-refractivity contribution in [2.75, 3.05) is 5.32 Å². The van der Waals surface area contributed by atoms with Gasteiger partial charge in [0.15, 0.2) is 0 Å². The maximum Gasteiger partial charge on any atom is 0.257 e. The largest absolute Gasteiger partial charge is 0.322 e. The molecule has 3 rings (SSSR count). The molecule has 1 N–H and O–H groups in total. The summed E-state index contributed by atoms with van der Waals surface area (Å²) < 4.78 is 0. The Balaban J connectivity index is 1.82. The van der Waals surface area contributed by atoms with E-state index in [4.69, 9.17) is 11.6 Å². The molecular formula is C16H14ClNO. The van der Waals surface area contributed by atoms with Crippen molar-refractivity contribution >= 4 is 23.2 Å². The van der Waals surface area contributed by atoms with Crippen LogP contribution >= 0.6 is 11.6 Å². The van der Waals surface area contributed by atoms with E-state index in [9.17, 15) is 4.79 Å². The van der Waals surface area contributed by atoms with Crippen molar-refractivity contribution in [3.8, 4) is 0 Å². The zero-order valence-corrected chi connectivity index (χ0v) is 11.2. The zero-order chi connectivity index (χ0) is 13.2. The lowest BCUT2D eigenvalue weighted by atomic mass is 10.1. The number of halogens is 1. The number of anilines is 1. The van der Waals surface area contributed by atoms with Gasteiger partial charge in [0, 0.05) is 5.69 Å². The van der Waals surface area contributed by atoms with Crippen molar-refractivity contribution in [3.63, 3.8) is 0 Å². The predicted molar refractivity (Wildman–Crippen MR) is 77.9 cm³/mol. The molecule has 0 saturated heterocycles. The minimum absolute atomic E-state index is 0.163. The number of nitrogens with one attached hydrogen (secondary N) is 1. The lowest BCUT2D eigenvalue weighted by Gasteiger charge is -2.08. The number of rotatable bonds is 2. The summed E-state index contributed by atoms with van der Waals surface area (Å²) in [4.78, 5) is 12.1. The Morgan fingerprint density at radius 2 is 1.84 bits per heavy atom. The number of amides is 1. The first-order valence-electron chi connectivity index (χ1n) is 6.42. The molecule has 0 saturated carbocycles. The quantitative estimate of drug-likeness (QED) is 0.876. The monoisotopic (exact) mass is 271 g/mol. The lowest BCUT2D eigenvalue weighted by Crippen LogP contribution is -2.12. The van der Waals surface area contributed by atoms with Gasteiger partial charge in [-0.3, -0.25) is 4.79 Å². The summed E-state index contributed by atoms with van der Waals surface area (Å²) in [6.07, 6.45) is 3.45. The molecule has 3 heteroatoms. The second-order valence-corrected chi connectivity index (χ2v) is 5.18. The summed E-state index contributed by atoms with van der Waals surface area (Å²) in [6.45, 7) is 0. The molecule has 0 atom stereocenters. The highest BCUT2D eigenvalue weighted by Gasteiger charge is 2.13. The van der Waals surface area contributed by atoms with Crippen molar-refractivity contribution in [3.05, 3.63) is 64.2 Å². The number of hydrogen-bond donors (Lipinski definition) is 1. The minimum atomic E-state index is -0.163. The van der Waals surface area contributed by atoms with Gasteiger partial charge in [-0.15, -0.1) is 0 Å². The van der Waals surface area contributed by atoms with Crippen LogP contribution < -0.4 is 5.32 Å². The van der Waals surface area contributed by atoms with E-state index in [2.05, 4.69) is 17.4 Å². The molecule has 96 valence electrons. The summed E-state index contributed by atoms with van der Waals surface area (Å²) in [5.41, 5.74) is 4.09. The Bertz CT molecular complexity index is 636. The van der Waals surface area contributed by atoms with Gasteiger partial charge in [-0.1, -0.05) is 29.8 Å². The Hall–Kier alpha value is -1.80. The molecule has 0 unspecified atom stereocenters. The van der Waals surface area contributed by atoms with Gasteiger partial charge in [0.05, 0.1) is 10.6 Å². The molecule has 0 radical (unpaired) electrons. The van der Waals surface area contributed by atoms with Crippen molar-refractivity contribution in [1.29, 1.82) is 0 Å². The van der Waals surface area contributed by atoms with E-state index in [1.165, 1.54) is 17.5 Å². The van der Waals surface area contributed by atoms with Crippen LogP contribution in [-0.4, -0.2) is 5.91 Å². The molecule has 0 aliphatic heterocycles. The van der Waals surface area contributed by atoms with Crippen LogP contribution in [0.5, 0.6) is 0 Å². The van der Waals surface area contributed by atoms with Gasteiger partial charge in [0.25, 0.3) is 5.91 Å². The highest BCUT2D eigenvalue weighted by Crippen LogP contribution is 2.25. The normalized spacial score (nSPS) is 13.1. The van der Waals surface area contributed by atoms with Crippen LogP contribution in [0.1, 0.15) is 27.9 Å². The van der Waals surface area contributed by atoms with Crippen molar-refractivity contribution < 1.29 is 4.79 Å². The van der Waals surface area contributed by atoms with Crippen LogP contribution in [0.4, 0.5) is 5.69 Å². The molecule has 2 aromatic rings. The molecule has 19 heavy (non-hydrogen) atoms.